The van der Waals surface area contributed by atoms with Crippen molar-refractivity contribution < 1.29 is 17.5 Å². The molecule has 1 N–H and O–H groups in total. The molecule has 1 aromatic rings. The van der Waals surface area contributed by atoms with Gasteiger partial charge in [0.15, 0.2) is 0 Å². The van der Waals surface area contributed by atoms with E-state index in [2.05, 4.69) is 4.72 Å². The van der Waals surface area contributed by atoms with Crippen LogP contribution in [0.4, 0.5) is 4.39 Å². The maximum absolute atomic E-state index is 12.8. The average molecular weight is 301 g/mol. The third kappa shape index (κ3) is 5.19. The Hall–Kier alpha value is -0.980. The molecule has 0 aliphatic carbocycles. The largest absolute Gasteiger partial charge is 0.381 e. The Balaban J connectivity index is 1.77. The Morgan fingerprint density at radius 1 is 1.30 bits per heavy atom. The van der Waals surface area contributed by atoms with Crippen LogP contribution < -0.4 is 4.72 Å². The molecule has 0 bridgehead atoms. The van der Waals surface area contributed by atoms with Crippen LogP contribution in [0, 0.1) is 11.7 Å². The van der Waals surface area contributed by atoms with E-state index in [1.807, 2.05) is 0 Å². The fourth-order valence-electron chi connectivity index (χ4n) is 2.30. The van der Waals surface area contributed by atoms with Crippen molar-refractivity contribution in [1.29, 1.82) is 0 Å². The highest BCUT2D eigenvalue weighted by atomic mass is 32.2. The second-order valence-electron chi connectivity index (χ2n) is 5.15. The van der Waals surface area contributed by atoms with Crippen LogP contribution in [0.1, 0.15) is 24.8 Å². The second-order valence-corrected chi connectivity index (χ2v) is 6.96. The zero-order valence-corrected chi connectivity index (χ0v) is 12.2. The summed E-state index contributed by atoms with van der Waals surface area (Å²) in [4.78, 5) is 0. The Morgan fingerprint density at radius 3 is 2.70 bits per heavy atom. The molecule has 20 heavy (non-hydrogen) atoms. The highest BCUT2D eigenvalue weighted by Gasteiger charge is 2.16. The monoisotopic (exact) mass is 301 g/mol. The van der Waals surface area contributed by atoms with E-state index in [0.717, 1.165) is 32.5 Å². The summed E-state index contributed by atoms with van der Waals surface area (Å²) in [5.41, 5.74) is 0.583. The molecule has 4 nitrogen and oxygen atoms in total. The molecule has 1 atom stereocenters. The lowest BCUT2D eigenvalue weighted by Gasteiger charge is -2.21. The van der Waals surface area contributed by atoms with Gasteiger partial charge in [-0.15, -0.1) is 0 Å². The Labute approximate surface area is 119 Å². The van der Waals surface area contributed by atoms with Crippen molar-refractivity contribution in [1.82, 2.24) is 4.72 Å². The minimum atomic E-state index is -3.36. The standard InChI is InChI=1S/C14H20FNO3S/c15-14-5-3-13(4-6-14)11-20(17,18)16-8-7-12-2-1-9-19-10-12/h3-6,12,16H,1-2,7-11H2/t12-/m1/s1. The molecule has 6 heteroatoms. The molecule has 1 aliphatic rings. The van der Waals surface area contributed by atoms with Crippen LogP contribution in [0.25, 0.3) is 0 Å². The maximum atomic E-state index is 12.8. The number of ether oxygens (including phenoxy) is 1. The number of rotatable bonds is 6. The van der Waals surface area contributed by atoms with Crippen LogP contribution >= 0.6 is 0 Å². The molecule has 1 aliphatic heterocycles. The van der Waals surface area contributed by atoms with Crippen molar-refractivity contribution in [3.8, 4) is 0 Å². The predicted octanol–water partition coefficient (Wildman–Crippen LogP) is 2.06. The van der Waals surface area contributed by atoms with Crippen LogP contribution in [0.2, 0.25) is 0 Å². The SMILES string of the molecule is O=S(=O)(Cc1ccc(F)cc1)NCC[C@H]1CCCOC1. The van der Waals surface area contributed by atoms with Gasteiger partial charge in [0.1, 0.15) is 5.82 Å². The molecule has 0 saturated carbocycles. The van der Waals surface area contributed by atoms with Crippen molar-refractivity contribution >= 4 is 10.0 Å². The summed E-state index contributed by atoms with van der Waals surface area (Å²) in [5.74, 6) is -0.0391. The van der Waals surface area contributed by atoms with Gasteiger partial charge in [-0.3, -0.25) is 0 Å². The molecule has 0 amide bonds. The minimum Gasteiger partial charge on any atom is -0.381 e. The molecule has 0 aromatic heterocycles. The van der Waals surface area contributed by atoms with Gasteiger partial charge in [-0.1, -0.05) is 12.1 Å². The van der Waals surface area contributed by atoms with Gasteiger partial charge < -0.3 is 4.74 Å². The van der Waals surface area contributed by atoms with E-state index in [1.165, 1.54) is 24.3 Å². The highest BCUT2D eigenvalue weighted by molar-refractivity contribution is 7.88. The second kappa shape index (κ2) is 7.15. The number of halogens is 1. The summed E-state index contributed by atoms with van der Waals surface area (Å²) in [6.07, 6.45) is 2.94. The highest BCUT2D eigenvalue weighted by Crippen LogP contribution is 2.16. The van der Waals surface area contributed by atoms with Gasteiger partial charge in [-0.05, 0) is 42.9 Å². The third-order valence-electron chi connectivity index (χ3n) is 3.40. The van der Waals surface area contributed by atoms with Crippen molar-refractivity contribution in [2.45, 2.75) is 25.0 Å². The lowest BCUT2D eigenvalue weighted by molar-refractivity contribution is 0.0523. The van der Waals surface area contributed by atoms with Crippen molar-refractivity contribution in [3.63, 3.8) is 0 Å². The third-order valence-corrected chi connectivity index (χ3v) is 4.76. The van der Waals surface area contributed by atoms with Crippen molar-refractivity contribution in [2.75, 3.05) is 19.8 Å². The van der Waals surface area contributed by atoms with E-state index in [4.69, 9.17) is 4.74 Å². The zero-order valence-electron chi connectivity index (χ0n) is 11.3. The number of hydrogen-bond donors (Lipinski definition) is 1. The molecule has 0 radical (unpaired) electrons. The topological polar surface area (TPSA) is 55.4 Å². The molecule has 1 heterocycles. The Morgan fingerprint density at radius 2 is 2.05 bits per heavy atom. The molecule has 0 spiro atoms. The fourth-order valence-corrected chi connectivity index (χ4v) is 3.47. The van der Waals surface area contributed by atoms with Crippen LogP contribution in [-0.2, 0) is 20.5 Å². The molecule has 1 aromatic carbocycles. The van der Waals surface area contributed by atoms with Crippen molar-refractivity contribution in [2.24, 2.45) is 5.92 Å². The van der Waals surface area contributed by atoms with E-state index < -0.39 is 10.0 Å². The normalized spacial score (nSPS) is 19.9. The summed E-state index contributed by atoms with van der Waals surface area (Å²) < 4.78 is 44.5. The summed E-state index contributed by atoms with van der Waals surface area (Å²) in [5, 5.41) is 0. The summed E-state index contributed by atoms with van der Waals surface area (Å²) in [6, 6.07) is 5.52. The smallest absolute Gasteiger partial charge is 0.215 e. The lowest BCUT2D eigenvalue weighted by Crippen LogP contribution is -2.29. The first-order chi connectivity index (χ1) is 9.55. The van der Waals surface area contributed by atoms with Crippen LogP contribution in [-0.4, -0.2) is 28.2 Å². The number of hydrogen-bond acceptors (Lipinski definition) is 3. The molecule has 2 rings (SSSR count). The molecule has 1 fully saturated rings. The first-order valence-electron chi connectivity index (χ1n) is 6.85. The predicted molar refractivity (Wildman–Crippen MR) is 75.2 cm³/mol. The van der Waals surface area contributed by atoms with E-state index >= 15 is 0 Å². The van der Waals surface area contributed by atoms with Gasteiger partial charge >= 0.3 is 0 Å². The average Bonchev–Trinajstić information content (AvgIpc) is 2.42. The van der Waals surface area contributed by atoms with Gasteiger partial charge in [0, 0.05) is 19.8 Å². The molecule has 0 unspecified atom stereocenters. The van der Waals surface area contributed by atoms with E-state index in [-0.39, 0.29) is 11.6 Å². The molecule has 112 valence electrons. The van der Waals surface area contributed by atoms with Gasteiger partial charge in [0.05, 0.1) is 5.75 Å². The number of benzene rings is 1. The number of sulfonamides is 1. The number of nitrogens with one attached hydrogen (secondary N) is 1. The van der Waals surface area contributed by atoms with Crippen LogP contribution in [0.3, 0.4) is 0 Å². The zero-order chi connectivity index (χ0) is 14.4. The summed E-state index contributed by atoms with van der Waals surface area (Å²) in [6.45, 7) is 1.96. The van der Waals surface area contributed by atoms with Gasteiger partial charge in [-0.25, -0.2) is 17.5 Å². The van der Waals surface area contributed by atoms with Crippen LogP contribution in [0.5, 0.6) is 0 Å². The summed E-state index contributed by atoms with van der Waals surface area (Å²) >= 11 is 0. The van der Waals surface area contributed by atoms with E-state index in [0.29, 0.717) is 18.0 Å². The molecular weight excluding hydrogens is 281 g/mol. The minimum absolute atomic E-state index is 0.117. The van der Waals surface area contributed by atoms with Gasteiger partial charge in [-0.2, -0.15) is 0 Å². The summed E-state index contributed by atoms with van der Waals surface area (Å²) in [7, 11) is -3.36. The Kier molecular flexibility index (Phi) is 5.51. The fraction of sp³-hybridized carbons (Fsp3) is 0.571. The molecular formula is C14H20FNO3S. The van der Waals surface area contributed by atoms with Crippen molar-refractivity contribution in [3.05, 3.63) is 35.6 Å². The van der Waals surface area contributed by atoms with E-state index in [9.17, 15) is 12.8 Å². The Bertz CT molecular complexity index is 510. The first kappa shape index (κ1) is 15.4. The lowest BCUT2D eigenvalue weighted by atomic mass is 9.99. The van der Waals surface area contributed by atoms with Crippen LogP contribution in [0.15, 0.2) is 24.3 Å². The van der Waals surface area contributed by atoms with Gasteiger partial charge in [0.2, 0.25) is 10.0 Å². The van der Waals surface area contributed by atoms with Gasteiger partial charge in [0.25, 0.3) is 0 Å². The quantitative estimate of drug-likeness (QED) is 0.875. The first-order valence-corrected chi connectivity index (χ1v) is 8.50. The molecule has 1 saturated heterocycles. The van der Waals surface area contributed by atoms with E-state index in [1.54, 1.807) is 0 Å². The maximum Gasteiger partial charge on any atom is 0.215 e.